The fourth-order valence-corrected chi connectivity index (χ4v) is 1.67. The zero-order valence-electron chi connectivity index (χ0n) is 13.4. The second-order valence-electron chi connectivity index (χ2n) is 5.20. The number of hydrogen-bond donors (Lipinski definition) is 1. The van der Waals surface area contributed by atoms with Gasteiger partial charge >= 0.3 is 0 Å². The van der Waals surface area contributed by atoms with E-state index in [-0.39, 0.29) is 0 Å². The molecule has 0 atom stereocenters. The summed E-state index contributed by atoms with van der Waals surface area (Å²) in [4.78, 5) is 4.39. The first-order valence-corrected chi connectivity index (χ1v) is 7.54. The van der Waals surface area contributed by atoms with E-state index in [1.54, 1.807) is 7.11 Å². The summed E-state index contributed by atoms with van der Waals surface area (Å²) in [5.41, 5.74) is 2.14. The van der Waals surface area contributed by atoms with Gasteiger partial charge in [0, 0.05) is 39.1 Å². The Bertz CT molecular complexity index is 355. The van der Waals surface area contributed by atoms with E-state index in [0.29, 0.717) is 32.5 Å². The third-order valence-corrected chi connectivity index (χ3v) is 2.86. The van der Waals surface area contributed by atoms with Crippen molar-refractivity contribution < 1.29 is 14.2 Å². The minimum Gasteiger partial charge on any atom is -0.385 e. The van der Waals surface area contributed by atoms with Gasteiger partial charge in [0.05, 0.1) is 25.5 Å². The third-order valence-electron chi connectivity index (χ3n) is 2.86. The predicted octanol–water partition coefficient (Wildman–Crippen LogP) is 2.15. The third kappa shape index (κ3) is 9.52. The Balaban J connectivity index is 2.07. The lowest BCUT2D eigenvalue weighted by Crippen LogP contribution is -2.21. The van der Waals surface area contributed by atoms with Crippen molar-refractivity contribution in [1.29, 1.82) is 0 Å². The molecule has 0 aliphatic rings. The van der Waals surface area contributed by atoms with Crippen LogP contribution in [0.3, 0.4) is 0 Å². The van der Waals surface area contributed by atoms with E-state index in [9.17, 15) is 0 Å². The number of nitrogens with one attached hydrogen (secondary N) is 1. The molecule has 21 heavy (non-hydrogen) atoms. The highest BCUT2D eigenvalue weighted by Gasteiger charge is 1.98. The SMILES string of the molecule is COCCCOCCOCc1ccc(CNC(C)C)cn1. The molecule has 0 saturated heterocycles. The maximum atomic E-state index is 5.53. The Hall–Kier alpha value is -1.01. The van der Waals surface area contributed by atoms with Crippen molar-refractivity contribution >= 4 is 0 Å². The summed E-state index contributed by atoms with van der Waals surface area (Å²) in [5.74, 6) is 0. The van der Waals surface area contributed by atoms with Gasteiger partial charge in [0.15, 0.2) is 0 Å². The van der Waals surface area contributed by atoms with Crippen LogP contribution >= 0.6 is 0 Å². The molecule has 1 aromatic heterocycles. The van der Waals surface area contributed by atoms with E-state index in [2.05, 4.69) is 30.2 Å². The van der Waals surface area contributed by atoms with E-state index in [1.807, 2.05) is 12.3 Å². The fourth-order valence-electron chi connectivity index (χ4n) is 1.67. The summed E-state index contributed by atoms with van der Waals surface area (Å²) in [6.45, 7) is 8.29. The normalized spacial score (nSPS) is 11.2. The average Bonchev–Trinajstić information content (AvgIpc) is 2.49. The van der Waals surface area contributed by atoms with E-state index >= 15 is 0 Å². The standard InChI is InChI=1S/C16H28N2O3/c1-14(2)17-11-15-5-6-16(18-12-15)13-21-10-9-20-8-4-7-19-3/h5-6,12,14,17H,4,7-11,13H2,1-3H3. The Kier molecular flexibility index (Phi) is 9.99. The first-order chi connectivity index (χ1) is 10.2. The summed E-state index contributed by atoms with van der Waals surface area (Å²) >= 11 is 0. The molecule has 120 valence electrons. The van der Waals surface area contributed by atoms with E-state index < -0.39 is 0 Å². The van der Waals surface area contributed by atoms with Crippen LogP contribution in [0.25, 0.3) is 0 Å². The highest BCUT2D eigenvalue weighted by Crippen LogP contribution is 2.02. The summed E-state index contributed by atoms with van der Waals surface area (Å²) in [7, 11) is 1.69. The van der Waals surface area contributed by atoms with Crippen LogP contribution in [0, 0.1) is 0 Å². The minimum atomic E-state index is 0.483. The largest absolute Gasteiger partial charge is 0.385 e. The summed E-state index contributed by atoms with van der Waals surface area (Å²) in [6, 6.07) is 4.58. The molecule has 0 aliphatic carbocycles. The van der Waals surface area contributed by atoms with Crippen LogP contribution in [-0.2, 0) is 27.4 Å². The topological polar surface area (TPSA) is 52.6 Å². The Morgan fingerprint density at radius 1 is 1.10 bits per heavy atom. The van der Waals surface area contributed by atoms with Gasteiger partial charge in [0.25, 0.3) is 0 Å². The summed E-state index contributed by atoms with van der Waals surface area (Å²) in [5, 5.41) is 3.37. The lowest BCUT2D eigenvalue weighted by atomic mass is 10.2. The second kappa shape index (κ2) is 11.6. The van der Waals surface area contributed by atoms with Gasteiger partial charge < -0.3 is 19.5 Å². The summed E-state index contributed by atoms with van der Waals surface area (Å²) in [6.07, 6.45) is 2.82. The van der Waals surface area contributed by atoms with E-state index in [0.717, 1.165) is 25.3 Å². The van der Waals surface area contributed by atoms with Crippen LogP contribution in [-0.4, -0.2) is 44.6 Å². The first kappa shape index (κ1) is 18.0. The molecule has 5 nitrogen and oxygen atoms in total. The molecule has 0 bridgehead atoms. The zero-order chi connectivity index (χ0) is 15.3. The van der Waals surface area contributed by atoms with Crippen molar-refractivity contribution in [1.82, 2.24) is 10.3 Å². The Morgan fingerprint density at radius 3 is 2.57 bits per heavy atom. The van der Waals surface area contributed by atoms with Gasteiger partial charge in [-0.3, -0.25) is 4.98 Å². The molecule has 1 aromatic rings. The molecule has 0 fully saturated rings. The molecular weight excluding hydrogens is 268 g/mol. The molecule has 0 aromatic carbocycles. The number of rotatable bonds is 12. The zero-order valence-corrected chi connectivity index (χ0v) is 13.4. The van der Waals surface area contributed by atoms with Crippen LogP contribution in [0.1, 0.15) is 31.5 Å². The van der Waals surface area contributed by atoms with Crippen LogP contribution in [0.2, 0.25) is 0 Å². The van der Waals surface area contributed by atoms with Gasteiger partial charge in [-0.25, -0.2) is 0 Å². The second-order valence-corrected chi connectivity index (χ2v) is 5.20. The molecule has 0 aliphatic heterocycles. The number of ether oxygens (including phenoxy) is 3. The van der Waals surface area contributed by atoms with Gasteiger partial charge in [-0.2, -0.15) is 0 Å². The maximum Gasteiger partial charge on any atom is 0.0889 e. The van der Waals surface area contributed by atoms with Crippen molar-refractivity contribution in [2.24, 2.45) is 0 Å². The van der Waals surface area contributed by atoms with E-state index in [1.165, 1.54) is 5.56 Å². The molecule has 0 spiro atoms. The molecule has 0 amide bonds. The highest BCUT2D eigenvalue weighted by atomic mass is 16.5. The Labute approximate surface area is 128 Å². The minimum absolute atomic E-state index is 0.483. The number of nitrogens with zero attached hydrogens (tertiary/aromatic N) is 1. The van der Waals surface area contributed by atoms with Crippen molar-refractivity contribution in [2.75, 3.05) is 33.5 Å². The number of hydrogen-bond acceptors (Lipinski definition) is 5. The Morgan fingerprint density at radius 2 is 1.90 bits per heavy atom. The highest BCUT2D eigenvalue weighted by molar-refractivity contribution is 5.13. The molecule has 0 saturated carbocycles. The molecule has 1 rings (SSSR count). The fraction of sp³-hybridized carbons (Fsp3) is 0.688. The average molecular weight is 296 g/mol. The van der Waals surface area contributed by atoms with Crippen LogP contribution in [0.15, 0.2) is 18.3 Å². The van der Waals surface area contributed by atoms with Gasteiger partial charge in [0.1, 0.15) is 0 Å². The monoisotopic (exact) mass is 296 g/mol. The summed E-state index contributed by atoms with van der Waals surface area (Å²) < 4.78 is 15.9. The number of aromatic nitrogens is 1. The number of methoxy groups -OCH3 is 1. The molecule has 0 unspecified atom stereocenters. The van der Waals surface area contributed by atoms with Crippen LogP contribution < -0.4 is 5.32 Å². The molecule has 5 heteroatoms. The van der Waals surface area contributed by atoms with Crippen molar-refractivity contribution in [3.05, 3.63) is 29.6 Å². The smallest absolute Gasteiger partial charge is 0.0889 e. The van der Waals surface area contributed by atoms with Crippen molar-refractivity contribution in [3.63, 3.8) is 0 Å². The number of pyridine rings is 1. The molecular formula is C16H28N2O3. The lowest BCUT2D eigenvalue weighted by molar-refractivity contribution is 0.0327. The van der Waals surface area contributed by atoms with Crippen LogP contribution in [0.4, 0.5) is 0 Å². The van der Waals surface area contributed by atoms with Gasteiger partial charge in [-0.15, -0.1) is 0 Å². The predicted molar refractivity (Wildman–Crippen MR) is 83.2 cm³/mol. The van der Waals surface area contributed by atoms with Gasteiger partial charge in [0.2, 0.25) is 0 Å². The van der Waals surface area contributed by atoms with Crippen LogP contribution in [0.5, 0.6) is 0 Å². The quantitative estimate of drug-likeness (QED) is 0.599. The van der Waals surface area contributed by atoms with Crippen molar-refractivity contribution in [2.45, 2.75) is 39.5 Å². The molecule has 0 radical (unpaired) electrons. The van der Waals surface area contributed by atoms with E-state index in [4.69, 9.17) is 14.2 Å². The molecule has 1 N–H and O–H groups in total. The van der Waals surface area contributed by atoms with Gasteiger partial charge in [-0.1, -0.05) is 19.9 Å². The maximum absolute atomic E-state index is 5.53. The lowest BCUT2D eigenvalue weighted by Gasteiger charge is -2.08. The van der Waals surface area contributed by atoms with Gasteiger partial charge in [-0.05, 0) is 18.1 Å². The molecule has 1 heterocycles. The van der Waals surface area contributed by atoms with Crippen molar-refractivity contribution in [3.8, 4) is 0 Å². The first-order valence-electron chi connectivity index (χ1n) is 7.54.